The van der Waals surface area contributed by atoms with Crippen molar-refractivity contribution >= 4 is 23.1 Å². The molecule has 6 nitrogen and oxygen atoms in total. The summed E-state index contributed by atoms with van der Waals surface area (Å²) in [6.07, 6.45) is 1.39. The van der Waals surface area contributed by atoms with Crippen LogP contribution in [0.2, 0.25) is 0 Å². The molecule has 0 bridgehead atoms. The molecule has 2 heterocycles. The van der Waals surface area contributed by atoms with Crippen LogP contribution in [0.5, 0.6) is 0 Å². The topological polar surface area (TPSA) is 74.0 Å². The molecule has 2 aromatic carbocycles. The van der Waals surface area contributed by atoms with Crippen LogP contribution in [0.4, 0.5) is 11.4 Å². The molecule has 1 aliphatic rings. The third kappa shape index (κ3) is 3.68. The maximum absolute atomic E-state index is 13.2. The zero-order valence-electron chi connectivity index (χ0n) is 18.6. The zero-order chi connectivity index (χ0) is 23.0. The fraction of sp³-hybridized carbons (Fsp3) is 0.231. The quantitative estimate of drug-likeness (QED) is 0.541. The molecule has 0 saturated carbocycles. The van der Waals surface area contributed by atoms with Gasteiger partial charge in [0.05, 0.1) is 17.9 Å². The van der Waals surface area contributed by atoms with Gasteiger partial charge in [-0.25, -0.2) is 0 Å². The van der Waals surface area contributed by atoms with Crippen molar-refractivity contribution in [1.29, 1.82) is 0 Å². The lowest BCUT2D eigenvalue weighted by Gasteiger charge is -2.27. The van der Waals surface area contributed by atoms with Crippen LogP contribution in [0.3, 0.4) is 0 Å². The summed E-state index contributed by atoms with van der Waals surface area (Å²) in [5.74, 6) is -1.26. The van der Waals surface area contributed by atoms with Crippen LogP contribution in [0, 0.1) is 0 Å². The number of aliphatic hydroxyl groups excluding tert-OH is 1. The molecule has 0 spiro atoms. The number of aliphatic hydroxyl groups is 1. The summed E-state index contributed by atoms with van der Waals surface area (Å²) in [5.41, 5.74) is 3.46. The van der Waals surface area contributed by atoms with E-state index in [0.29, 0.717) is 11.6 Å². The number of hydrogen-bond donors (Lipinski definition) is 1. The molecule has 4 rings (SSSR count). The van der Waals surface area contributed by atoms with Crippen LogP contribution < -0.4 is 9.80 Å². The van der Waals surface area contributed by atoms with Gasteiger partial charge >= 0.3 is 0 Å². The number of carbonyl (C=O) groups is 2. The Kier molecular flexibility index (Phi) is 5.61. The van der Waals surface area contributed by atoms with E-state index in [9.17, 15) is 14.7 Å². The Labute approximate surface area is 187 Å². The van der Waals surface area contributed by atoms with E-state index in [2.05, 4.69) is 13.8 Å². The Morgan fingerprint density at radius 1 is 1.03 bits per heavy atom. The normalized spacial score (nSPS) is 16.2. The van der Waals surface area contributed by atoms with Gasteiger partial charge in [-0.05, 0) is 53.4 Å². The number of Topliss-reactive ketones (excluding diaryl/α,β-unsaturated/α-hetero) is 1. The summed E-state index contributed by atoms with van der Waals surface area (Å²) in [6.45, 7) is 4.20. The molecular weight excluding hydrogens is 404 g/mol. The highest BCUT2D eigenvalue weighted by molar-refractivity contribution is 6.20. The Morgan fingerprint density at radius 2 is 1.69 bits per heavy atom. The number of anilines is 2. The molecule has 1 aromatic heterocycles. The lowest BCUT2D eigenvalue weighted by molar-refractivity contribution is -0.117. The average Bonchev–Trinajstić information content (AvgIpc) is 3.41. The van der Waals surface area contributed by atoms with Crippen molar-refractivity contribution in [2.45, 2.75) is 25.8 Å². The molecule has 6 heteroatoms. The second-order valence-electron chi connectivity index (χ2n) is 8.38. The van der Waals surface area contributed by atoms with Gasteiger partial charge in [0.2, 0.25) is 5.78 Å². The second-order valence-corrected chi connectivity index (χ2v) is 8.38. The van der Waals surface area contributed by atoms with Crippen LogP contribution >= 0.6 is 0 Å². The second kappa shape index (κ2) is 8.38. The molecule has 0 aliphatic carbocycles. The van der Waals surface area contributed by atoms with Gasteiger partial charge in [0.1, 0.15) is 0 Å². The predicted octanol–water partition coefficient (Wildman–Crippen LogP) is 5.25. The van der Waals surface area contributed by atoms with Crippen molar-refractivity contribution in [3.63, 3.8) is 0 Å². The Morgan fingerprint density at radius 3 is 2.22 bits per heavy atom. The number of nitrogens with zero attached hydrogens (tertiary/aromatic N) is 2. The molecule has 1 atom stereocenters. The molecule has 0 radical (unpaired) electrons. The van der Waals surface area contributed by atoms with Crippen molar-refractivity contribution in [2.24, 2.45) is 0 Å². The van der Waals surface area contributed by atoms with Crippen LogP contribution in [0.15, 0.2) is 82.7 Å². The number of rotatable bonds is 6. The van der Waals surface area contributed by atoms with Gasteiger partial charge in [-0.3, -0.25) is 14.5 Å². The molecule has 3 aromatic rings. The summed E-state index contributed by atoms with van der Waals surface area (Å²) < 4.78 is 5.28. The summed E-state index contributed by atoms with van der Waals surface area (Å²) in [6, 6.07) is 17.6. The lowest BCUT2D eigenvalue weighted by atomic mass is 9.92. The van der Waals surface area contributed by atoms with Crippen LogP contribution in [-0.4, -0.2) is 30.9 Å². The van der Waals surface area contributed by atoms with E-state index in [-0.39, 0.29) is 11.3 Å². The van der Waals surface area contributed by atoms with E-state index in [4.69, 9.17) is 4.42 Å². The Bertz CT molecular complexity index is 1160. The number of carbonyl (C=O) groups excluding carboxylic acids is 2. The minimum absolute atomic E-state index is 0.0129. The fourth-order valence-corrected chi connectivity index (χ4v) is 3.93. The van der Waals surface area contributed by atoms with E-state index in [0.717, 1.165) is 16.8 Å². The average molecular weight is 431 g/mol. The SMILES string of the molecule is CC(C)c1ccc(C2C(C(=O)c3ccco3)=C(O)C(=O)N2c2ccc(N(C)C)cc2)cc1. The van der Waals surface area contributed by atoms with Crippen molar-refractivity contribution in [3.05, 3.63) is 95.1 Å². The minimum atomic E-state index is -0.772. The van der Waals surface area contributed by atoms with Crippen LogP contribution in [0.25, 0.3) is 0 Å². The van der Waals surface area contributed by atoms with Crippen molar-refractivity contribution in [2.75, 3.05) is 23.9 Å². The van der Waals surface area contributed by atoms with Gasteiger partial charge in [-0.1, -0.05) is 38.1 Å². The van der Waals surface area contributed by atoms with E-state index < -0.39 is 23.5 Å². The first kappa shape index (κ1) is 21.4. The molecular formula is C26H26N2O4. The highest BCUT2D eigenvalue weighted by Crippen LogP contribution is 2.42. The number of ketones is 1. The standard InChI is InChI=1S/C26H26N2O4/c1-16(2)17-7-9-18(10-8-17)23-22(24(29)21-6-5-15-32-21)25(30)26(31)28(23)20-13-11-19(12-14-20)27(3)4/h5-16,23,30H,1-4H3. The number of furan rings is 1. The summed E-state index contributed by atoms with van der Waals surface area (Å²) in [7, 11) is 3.87. The van der Waals surface area contributed by atoms with Gasteiger partial charge in [0.25, 0.3) is 5.91 Å². The minimum Gasteiger partial charge on any atom is -0.503 e. The fourth-order valence-electron chi connectivity index (χ4n) is 3.93. The van der Waals surface area contributed by atoms with Gasteiger partial charge in [-0.2, -0.15) is 0 Å². The van der Waals surface area contributed by atoms with E-state index in [1.165, 1.54) is 17.2 Å². The van der Waals surface area contributed by atoms with Crippen LogP contribution in [-0.2, 0) is 4.79 Å². The highest BCUT2D eigenvalue weighted by Gasteiger charge is 2.45. The first-order chi connectivity index (χ1) is 15.3. The first-order valence-corrected chi connectivity index (χ1v) is 10.5. The Hall–Kier alpha value is -3.80. The lowest BCUT2D eigenvalue weighted by Crippen LogP contribution is -2.31. The number of benzene rings is 2. The molecule has 1 unspecified atom stereocenters. The molecule has 1 N–H and O–H groups in total. The molecule has 164 valence electrons. The van der Waals surface area contributed by atoms with E-state index >= 15 is 0 Å². The van der Waals surface area contributed by atoms with Gasteiger partial charge in [0.15, 0.2) is 11.5 Å². The predicted molar refractivity (Wildman–Crippen MR) is 124 cm³/mol. The van der Waals surface area contributed by atoms with E-state index in [1.54, 1.807) is 6.07 Å². The molecule has 0 fully saturated rings. The maximum Gasteiger partial charge on any atom is 0.294 e. The van der Waals surface area contributed by atoms with E-state index in [1.807, 2.05) is 67.5 Å². The Balaban J connectivity index is 1.83. The van der Waals surface area contributed by atoms with Gasteiger partial charge in [-0.15, -0.1) is 0 Å². The first-order valence-electron chi connectivity index (χ1n) is 10.5. The smallest absolute Gasteiger partial charge is 0.294 e. The number of hydrogen-bond acceptors (Lipinski definition) is 5. The van der Waals surface area contributed by atoms with Gasteiger partial charge < -0.3 is 14.4 Å². The summed E-state index contributed by atoms with van der Waals surface area (Å²) in [4.78, 5) is 29.9. The van der Waals surface area contributed by atoms with Crippen LogP contribution in [0.1, 0.15) is 47.5 Å². The monoisotopic (exact) mass is 430 g/mol. The van der Waals surface area contributed by atoms with Crippen molar-refractivity contribution < 1.29 is 19.1 Å². The maximum atomic E-state index is 13.2. The third-order valence-corrected chi connectivity index (χ3v) is 5.76. The largest absolute Gasteiger partial charge is 0.503 e. The van der Waals surface area contributed by atoms with Crippen molar-refractivity contribution in [1.82, 2.24) is 0 Å². The summed E-state index contributed by atoms with van der Waals surface area (Å²) >= 11 is 0. The molecule has 1 amide bonds. The molecule has 32 heavy (non-hydrogen) atoms. The molecule has 1 aliphatic heterocycles. The van der Waals surface area contributed by atoms with Crippen molar-refractivity contribution in [3.8, 4) is 0 Å². The summed E-state index contributed by atoms with van der Waals surface area (Å²) in [5, 5.41) is 10.8. The number of amides is 1. The van der Waals surface area contributed by atoms with Gasteiger partial charge in [0, 0.05) is 25.5 Å². The highest BCUT2D eigenvalue weighted by atomic mass is 16.3. The zero-order valence-corrected chi connectivity index (χ0v) is 18.6. The third-order valence-electron chi connectivity index (χ3n) is 5.76. The molecule has 0 saturated heterocycles.